The van der Waals surface area contributed by atoms with Crippen molar-refractivity contribution < 1.29 is 23.5 Å². The Bertz CT molecular complexity index is 2070. The van der Waals surface area contributed by atoms with Crippen LogP contribution in [-0.4, -0.2) is 71.8 Å². The molecule has 0 bridgehead atoms. The number of aromatic nitrogens is 1. The molecule has 3 aliphatic rings. The second-order valence-electron chi connectivity index (χ2n) is 13.9. The number of amides is 2. The van der Waals surface area contributed by atoms with E-state index in [4.69, 9.17) is 20.6 Å². The SMILES string of the molecule is CC(C)(C)OC(=O)N1CCCC2CN(c3c(F)cc4c(=O)c(C(=O)NCCCNC(=N)N)cn5c4c3Oc3cc4ccccc4cc3-5)CC21. The molecule has 256 valence electrons. The Hall–Kier alpha value is -5.33. The number of piperidine rings is 1. The zero-order valence-electron chi connectivity index (χ0n) is 27.8. The van der Waals surface area contributed by atoms with Crippen molar-refractivity contribution in [3.8, 4) is 17.2 Å². The van der Waals surface area contributed by atoms with Crippen LogP contribution in [-0.2, 0) is 4.74 Å². The summed E-state index contributed by atoms with van der Waals surface area (Å²) in [5, 5.41) is 14.6. The Kier molecular flexibility index (Phi) is 8.08. The fraction of sp³-hybridized carbons (Fsp3) is 0.389. The van der Waals surface area contributed by atoms with Crippen molar-refractivity contribution in [3.63, 3.8) is 0 Å². The highest BCUT2D eigenvalue weighted by molar-refractivity contribution is 6.02. The lowest BCUT2D eigenvalue weighted by Crippen LogP contribution is -2.50. The van der Waals surface area contributed by atoms with Gasteiger partial charge in [0.25, 0.3) is 5.91 Å². The predicted octanol–water partition coefficient (Wildman–Crippen LogP) is 4.83. The largest absolute Gasteiger partial charge is 0.451 e. The van der Waals surface area contributed by atoms with E-state index in [2.05, 4.69) is 10.6 Å². The number of halogens is 1. The molecular weight excluding hydrogens is 629 g/mol. The summed E-state index contributed by atoms with van der Waals surface area (Å²) in [6.45, 7) is 7.55. The van der Waals surface area contributed by atoms with Gasteiger partial charge < -0.3 is 40.2 Å². The number of anilines is 1. The minimum Gasteiger partial charge on any atom is -0.451 e. The number of hydrogen-bond donors (Lipinski definition) is 4. The number of carbonyl (C=O) groups excluding carboxylic acids is 2. The second-order valence-corrected chi connectivity index (χ2v) is 13.9. The summed E-state index contributed by atoms with van der Waals surface area (Å²) < 4.78 is 30.6. The molecule has 49 heavy (non-hydrogen) atoms. The highest BCUT2D eigenvalue weighted by Gasteiger charge is 2.44. The molecule has 2 fully saturated rings. The third-order valence-electron chi connectivity index (χ3n) is 9.39. The molecule has 0 aliphatic carbocycles. The molecule has 2 atom stereocenters. The van der Waals surface area contributed by atoms with Gasteiger partial charge in [0.15, 0.2) is 23.3 Å². The second kappa shape index (κ2) is 12.3. The van der Waals surface area contributed by atoms with Gasteiger partial charge in [-0.15, -0.1) is 0 Å². The monoisotopic (exact) mass is 669 g/mol. The van der Waals surface area contributed by atoms with E-state index in [-0.39, 0.29) is 52.9 Å². The van der Waals surface area contributed by atoms with E-state index in [1.807, 2.05) is 62.1 Å². The van der Waals surface area contributed by atoms with Crippen molar-refractivity contribution in [3.05, 3.63) is 70.3 Å². The zero-order chi connectivity index (χ0) is 34.6. The van der Waals surface area contributed by atoms with Crippen LogP contribution in [0.3, 0.4) is 0 Å². The van der Waals surface area contributed by atoms with Crippen LogP contribution in [0, 0.1) is 17.1 Å². The molecule has 7 rings (SSSR count). The number of pyridine rings is 1. The fourth-order valence-electron chi connectivity index (χ4n) is 7.27. The van der Waals surface area contributed by atoms with Gasteiger partial charge in [0, 0.05) is 38.9 Å². The Morgan fingerprint density at radius 2 is 1.84 bits per heavy atom. The predicted molar refractivity (Wildman–Crippen MR) is 186 cm³/mol. The molecule has 0 radical (unpaired) electrons. The topological polar surface area (TPSA) is 155 Å². The molecule has 4 aromatic rings. The maximum atomic E-state index is 16.5. The van der Waals surface area contributed by atoms with Crippen molar-refractivity contribution in [1.82, 2.24) is 20.1 Å². The summed E-state index contributed by atoms with van der Waals surface area (Å²) in [4.78, 5) is 44.2. The number of benzene rings is 3. The Labute approximate surface area is 282 Å². The molecule has 3 aromatic carbocycles. The van der Waals surface area contributed by atoms with Gasteiger partial charge >= 0.3 is 6.09 Å². The number of likely N-dealkylation sites (tertiary alicyclic amines) is 1. The number of nitrogens with two attached hydrogens (primary N) is 1. The summed E-state index contributed by atoms with van der Waals surface area (Å²) in [6.07, 6.45) is 3.30. The maximum absolute atomic E-state index is 16.5. The smallest absolute Gasteiger partial charge is 0.410 e. The summed E-state index contributed by atoms with van der Waals surface area (Å²) in [6, 6.07) is 12.6. The number of hydrogen-bond acceptors (Lipinski definition) is 7. The molecule has 5 N–H and O–H groups in total. The van der Waals surface area contributed by atoms with E-state index < -0.39 is 22.8 Å². The molecule has 12 nitrogen and oxygen atoms in total. The minimum atomic E-state index is -0.647. The van der Waals surface area contributed by atoms with Crippen molar-refractivity contribution in [2.24, 2.45) is 11.7 Å². The minimum absolute atomic E-state index is 0.0212. The normalized spacial score (nSPS) is 18.1. The van der Waals surface area contributed by atoms with Crippen LogP contribution >= 0.6 is 0 Å². The van der Waals surface area contributed by atoms with E-state index in [9.17, 15) is 14.4 Å². The lowest BCUT2D eigenvalue weighted by molar-refractivity contribution is 0.00668. The first-order valence-electron chi connectivity index (χ1n) is 16.6. The van der Waals surface area contributed by atoms with E-state index >= 15 is 4.39 Å². The summed E-state index contributed by atoms with van der Waals surface area (Å²) >= 11 is 0. The average molecular weight is 670 g/mol. The average Bonchev–Trinajstić information content (AvgIpc) is 3.47. The van der Waals surface area contributed by atoms with Crippen LogP contribution in [0.2, 0.25) is 0 Å². The molecule has 1 aromatic heterocycles. The number of fused-ring (bicyclic) bond motifs is 4. The first-order chi connectivity index (χ1) is 23.4. The van der Waals surface area contributed by atoms with Gasteiger partial charge in [0.05, 0.1) is 17.1 Å². The van der Waals surface area contributed by atoms with E-state index in [1.54, 1.807) is 9.47 Å². The highest BCUT2D eigenvalue weighted by atomic mass is 19.1. The van der Waals surface area contributed by atoms with Gasteiger partial charge in [-0.2, -0.15) is 0 Å². The lowest BCUT2D eigenvalue weighted by atomic mass is 9.92. The summed E-state index contributed by atoms with van der Waals surface area (Å²) in [7, 11) is 0. The van der Waals surface area contributed by atoms with E-state index in [0.29, 0.717) is 49.6 Å². The van der Waals surface area contributed by atoms with Gasteiger partial charge in [0.2, 0.25) is 5.43 Å². The van der Waals surface area contributed by atoms with Crippen LogP contribution in [0.4, 0.5) is 14.9 Å². The lowest BCUT2D eigenvalue weighted by Gasteiger charge is -2.37. The van der Waals surface area contributed by atoms with E-state index in [0.717, 1.165) is 23.6 Å². The van der Waals surface area contributed by atoms with Gasteiger partial charge in [-0.1, -0.05) is 24.3 Å². The van der Waals surface area contributed by atoms with Gasteiger partial charge in [-0.25, -0.2) is 9.18 Å². The summed E-state index contributed by atoms with van der Waals surface area (Å²) in [5.74, 6) is -0.662. The third kappa shape index (κ3) is 5.98. The first kappa shape index (κ1) is 32.2. The summed E-state index contributed by atoms with van der Waals surface area (Å²) in [5.41, 5.74) is 5.13. The van der Waals surface area contributed by atoms with Crippen LogP contribution in [0.15, 0.2) is 53.5 Å². The third-order valence-corrected chi connectivity index (χ3v) is 9.39. The number of rotatable bonds is 6. The van der Waals surface area contributed by atoms with Crippen molar-refractivity contribution >= 4 is 45.3 Å². The Morgan fingerprint density at radius 3 is 2.57 bits per heavy atom. The number of carbonyl (C=O) groups is 2. The highest BCUT2D eigenvalue weighted by Crippen LogP contribution is 2.49. The zero-order valence-corrected chi connectivity index (χ0v) is 27.8. The molecule has 2 unspecified atom stereocenters. The Balaban J connectivity index is 1.32. The molecule has 3 aliphatic heterocycles. The first-order valence-corrected chi connectivity index (χ1v) is 16.6. The number of nitrogens with zero attached hydrogens (tertiary/aromatic N) is 3. The number of guanidine groups is 1. The van der Waals surface area contributed by atoms with Crippen molar-refractivity contribution in [2.45, 2.75) is 51.7 Å². The van der Waals surface area contributed by atoms with Crippen LogP contribution < -0.4 is 31.4 Å². The van der Waals surface area contributed by atoms with Crippen LogP contribution in [0.5, 0.6) is 11.5 Å². The number of ether oxygens (including phenoxy) is 2. The van der Waals surface area contributed by atoms with Crippen LogP contribution in [0.1, 0.15) is 50.4 Å². The van der Waals surface area contributed by atoms with Gasteiger partial charge in [-0.05, 0) is 74.9 Å². The molecule has 2 saturated heterocycles. The van der Waals surface area contributed by atoms with Crippen molar-refractivity contribution in [2.75, 3.05) is 37.6 Å². The quantitative estimate of drug-likeness (QED) is 0.114. The molecule has 2 amide bonds. The number of nitrogens with one attached hydrogen (secondary N) is 3. The van der Waals surface area contributed by atoms with E-state index in [1.165, 1.54) is 12.3 Å². The van der Waals surface area contributed by atoms with Crippen LogP contribution in [0.25, 0.3) is 27.4 Å². The maximum Gasteiger partial charge on any atom is 0.410 e. The molecule has 4 heterocycles. The fourth-order valence-corrected chi connectivity index (χ4v) is 7.27. The van der Waals surface area contributed by atoms with Gasteiger partial charge in [0.1, 0.15) is 22.4 Å². The van der Waals surface area contributed by atoms with Gasteiger partial charge in [-0.3, -0.25) is 15.0 Å². The van der Waals surface area contributed by atoms with Crippen molar-refractivity contribution in [1.29, 1.82) is 5.41 Å². The molecular formula is C36H40FN7O5. The molecule has 13 heteroatoms. The molecule has 0 spiro atoms. The standard InChI is InChI=1S/C36H40FN7O5/c1-36(2,3)49-35(47)43-13-6-10-22-17-42(19-27(22)43)30-25(37)16-23-29-32(30)48-28-15-21-9-5-4-8-20(21)14-26(28)44(29)18-24(31(23)45)33(46)40-11-7-12-41-34(38)39/h4-5,8-9,14-16,18,22,27H,6-7,10-13,17,19H2,1-3H3,(H,40,46)(H4,38,39,41). The Morgan fingerprint density at radius 1 is 1.10 bits per heavy atom. The molecule has 0 saturated carbocycles.